The van der Waals surface area contributed by atoms with E-state index in [2.05, 4.69) is 5.32 Å². The first-order valence-electron chi connectivity index (χ1n) is 8.96. The van der Waals surface area contributed by atoms with Gasteiger partial charge in [-0.05, 0) is 54.8 Å². The zero-order valence-electron chi connectivity index (χ0n) is 15.0. The van der Waals surface area contributed by atoms with Crippen LogP contribution in [0.15, 0.2) is 65.7 Å². The highest BCUT2D eigenvalue weighted by Gasteiger charge is 2.31. The molecule has 0 fully saturated rings. The van der Waals surface area contributed by atoms with Gasteiger partial charge in [-0.1, -0.05) is 48.0 Å². The van der Waals surface area contributed by atoms with Crippen molar-refractivity contribution in [3.8, 4) is 0 Å². The lowest BCUT2D eigenvalue weighted by Gasteiger charge is -2.13. The highest BCUT2D eigenvalue weighted by Crippen LogP contribution is 2.37. The van der Waals surface area contributed by atoms with E-state index in [1.54, 1.807) is 24.4 Å². The molecule has 6 heteroatoms. The Morgan fingerprint density at radius 2 is 1.93 bits per heavy atom. The van der Waals surface area contributed by atoms with Crippen molar-refractivity contribution in [2.75, 3.05) is 7.05 Å². The molecule has 0 amide bonds. The predicted molar refractivity (Wildman–Crippen MR) is 108 cm³/mol. The monoisotopic (exact) mass is 400 g/mol. The fourth-order valence-corrected chi connectivity index (χ4v) is 5.57. The molecule has 2 aromatic carbocycles. The molecule has 4 nitrogen and oxygen atoms in total. The Balaban J connectivity index is 1.87. The van der Waals surface area contributed by atoms with Gasteiger partial charge in [0.05, 0.1) is 4.90 Å². The minimum atomic E-state index is -3.72. The third-order valence-corrected chi connectivity index (χ3v) is 7.12. The van der Waals surface area contributed by atoms with E-state index in [4.69, 9.17) is 11.6 Å². The Hall–Kier alpha value is -2.08. The Kier molecular flexibility index (Phi) is 4.84. The lowest BCUT2D eigenvalue weighted by atomic mass is 10.1. The Morgan fingerprint density at radius 3 is 2.63 bits per heavy atom. The number of fused-ring (bicyclic) bond motifs is 1. The van der Waals surface area contributed by atoms with Crippen molar-refractivity contribution >= 4 is 21.6 Å². The molecule has 0 saturated carbocycles. The standard InChI is InChI=1S/C21H21ClN2O2S/c1-23-20-11-10-18-19(20)14-24(21(18)12-15-6-3-2-4-7-15)27(25,26)17-9-5-8-16(22)13-17/h2-9,13-14,20,23H,10-12H2,1H3. The first kappa shape index (κ1) is 18.3. The normalized spacial score (nSPS) is 16.4. The quantitative estimate of drug-likeness (QED) is 0.699. The summed E-state index contributed by atoms with van der Waals surface area (Å²) in [5, 5.41) is 3.71. The molecule has 0 radical (unpaired) electrons. The van der Waals surface area contributed by atoms with Crippen LogP contribution in [0.2, 0.25) is 5.02 Å². The third kappa shape index (κ3) is 3.31. The molecule has 3 aromatic rings. The molecule has 1 atom stereocenters. The van der Waals surface area contributed by atoms with Crippen LogP contribution in [0.1, 0.15) is 34.8 Å². The van der Waals surface area contributed by atoms with Gasteiger partial charge < -0.3 is 5.32 Å². The van der Waals surface area contributed by atoms with Crippen LogP contribution in [-0.2, 0) is 22.9 Å². The predicted octanol–water partition coefficient (Wildman–Crippen LogP) is 4.18. The van der Waals surface area contributed by atoms with Crippen LogP contribution in [0.25, 0.3) is 0 Å². The van der Waals surface area contributed by atoms with Gasteiger partial charge in [-0.15, -0.1) is 0 Å². The molecular formula is C21H21ClN2O2S. The number of benzene rings is 2. The number of nitrogens with zero attached hydrogens (tertiary/aromatic N) is 1. The topological polar surface area (TPSA) is 51.1 Å². The highest BCUT2D eigenvalue weighted by molar-refractivity contribution is 7.90. The fraction of sp³-hybridized carbons (Fsp3) is 0.238. The van der Waals surface area contributed by atoms with Gasteiger partial charge in [-0.2, -0.15) is 0 Å². The lowest BCUT2D eigenvalue weighted by Crippen LogP contribution is -2.17. The molecule has 4 rings (SSSR count). The SMILES string of the molecule is CNC1CCc2c1cn(S(=O)(=O)c1cccc(Cl)c1)c2Cc1ccccc1. The molecule has 1 aromatic heterocycles. The lowest BCUT2D eigenvalue weighted by molar-refractivity contribution is 0.576. The first-order chi connectivity index (χ1) is 13.0. The second-order valence-electron chi connectivity index (χ2n) is 6.81. The van der Waals surface area contributed by atoms with E-state index in [0.29, 0.717) is 11.4 Å². The van der Waals surface area contributed by atoms with E-state index in [0.717, 1.165) is 35.2 Å². The van der Waals surface area contributed by atoms with E-state index in [1.807, 2.05) is 37.4 Å². The average Bonchev–Trinajstić information content (AvgIpc) is 3.23. The molecule has 0 aliphatic heterocycles. The fourth-order valence-electron chi connectivity index (χ4n) is 3.84. The maximum atomic E-state index is 13.4. The maximum absolute atomic E-state index is 13.4. The van der Waals surface area contributed by atoms with Gasteiger partial charge in [0.25, 0.3) is 10.0 Å². The highest BCUT2D eigenvalue weighted by atomic mass is 35.5. The van der Waals surface area contributed by atoms with Crippen molar-refractivity contribution in [3.63, 3.8) is 0 Å². The van der Waals surface area contributed by atoms with Gasteiger partial charge in [-0.25, -0.2) is 12.4 Å². The summed E-state index contributed by atoms with van der Waals surface area (Å²) in [6.45, 7) is 0. The summed E-state index contributed by atoms with van der Waals surface area (Å²) in [7, 11) is -1.80. The van der Waals surface area contributed by atoms with E-state index in [9.17, 15) is 8.42 Å². The van der Waals surface area contributed by atoms with Crippen LogP contribution in [0.4, 0.5) is 0 Å². The van der Waals surface area contributed by atoms with Crippen molar-refractivity contribution in [2.24, 2.45) is 0 Å². The first-order valence-corrected chi connectivity index (χ1v) is 10.8. The van der Waals surface area contributed by atoms with Gasteiger partial charge in [0.1, 0.15) is 0 Å². The summed E-state index contributed by atoms with van der Waals surface area (Å²) in [5.41, 5.74) is 4.15. The molecule has 0 spiro atoms. The van der Waals surface area contributed by atoms with Gasteiger partial charge in [0, 0.05) is 29.4 Å². The summed E-state index contributed by atoms with van der Waals surface area (Å²) >= 11 is 6.04. The summed E-state index contributed by atoms with van der Waals surface area (Å²) in [6, 6.07) is 16.6. The molecule has 27 heavy (non-hydrogen) atoms. The smallest absolute Gasteiger partial charge is 0.267 e. The van der Waals surface area contributed by atoms with Crippen molar-refractivity contribution in [1.82, 2.24) is 9.29 Å². The number of rotatable bonds is 5. The second kappa shape index (κ2) is 7.15. The van der Waals surface area contributed by atoms with E-state index in [-0.39, 0.29) is 10.9 Å². The summed E-state index contributed by atoms with van der Waals surface area (Å²) in [5.74, 6) is 0. The molecule has 0 bridgehead atoms. The largest absolute Gasteiger partial charge is 0.313 e. The second-order valence-corrected chi connectivity index (χ2v) is 9.06. The Bertz CT molecular complexity index is 1070. The van der Waals surface area contributed by atoms with Crippen LogP contribution in [-0.4, -0.2) is 19.4 Å². The number of nitrogens with one attached hydrogen (secondary N) is 1. The Labute approximate surface area is 164 Å². The van der Waals surface area contributed by atoms with Crippen molar-refractivity contribution in [2.45, 2.75) is 30.2 Å². The number of halogens is 1. The van der Waals surface area contributed by atoms with E-state index < -0.39 is 10.0 Å². The number of hydrogen-bond acceptors (Lipinski definition) is 3. The van der Waals surface area contributed by atoms with Crippen molar-refractivity contribution in [1.29, 1.82) is 0 Å². The van der Waals surface area contributed by atoms with Gasteiger partial charge >= 0.3 is 0 Å². The zero-order chi connectivity index (χ0) is 19.0. The number of aromatic nitrogens is 1. The molecule has 1 unspecified atom stereocenters. The van der Waals surface area contributed by atoms with Crippen molar-refractivity contribution in [3.05, 3.63) is 88.2 Å². The molecule has 0 saturated heterocycles. The van der Waals surface area contributed by atoms with Gasteiger partial charge in [0.2, 0.25) is 0 Å². The molecule has 1 aliphatic carbocycles. The van der Waals surface area contributed by atoms with Crippen LogP contribution < -0.4 is 5.32 Å². The van der Waals surface area contributed by atoms with E-state index >= 15 is 0 Å². The van der Waals surface area contributed by atoms with Gasteiger partial charge in [-0.3, -0.25) is 0 Å². The van der Waals surface area contributed by atoms with Crippen molar-refractivity contribution < 1.29 is 8.42 Å². The number of hydrogen-bond donors (Lipinski definition) is 1. The molecule has 1 N–H and O–H groups in total. The summed E-state index contributed by atoms with van der Waals surface area (Å²) in [4.78, 5) is 0.207. The third-order valence-electron chi connectivity index (χ3n) is 5.19. The minimum absolute atomic E-state index is 0.185. The molecular weight excluding hydrogens is 380 g/mol. The van der Waals surface area contributed by atoms with Crippen LogP contribution >= 0.6 is 11.6 Å². The molecule has 140 valence electrons. The van der Waals surface area contributed by atoms with Crippen LogP contribution in [0.3, 0.4) is 0 Å². The van der Waals surface area contributed by atoms with E-state index in [1.165, 1.54) is 10.0 Å². The summed E-state index contributed by atoms with van der Waals surface area (Å²) in [6.07, 6.45) is 4.23. The minimum Gasteiger partial charge on any atom is -0.313 e. The van der Waals surface area contributed by atoms with Gasteiger partial charge in [0.15, 0.2) is 0 Å². The average molecular weight is 401 g/mol. The molecule has 1 aliphatic rings. The zero-order valence-corrected chi connectivity index (χ0v) is 16.6. The molecule has 1 heterocycles. The maximum Gasteiger partial charge on any atom is 0.267 e. The van der Waals surface area contributed by atoms with Crippen LogP contribution in [0, 0.1) is 0 Å². The Morgan fingerprint density at radius 1 is 1.15 bits per heavy atom. The van der Waals surface area contributed by atoms with Crippen LogP contribution in [0.5, 0.6) is 0 Å². The summed E-state index contributed by atoms with van der Waals surface area (Å²) < 4.78 is 28.2.